The number of hydrogen-bond donors (Lipinski definition) is 3. The molecule has 0 spiro atoms. The van der Waals surface area contributed by atoms with Gasteiger partial charge in [-0.25, -0.2) is 0 Å². The standard InChI is InChI=1S/C21H32O3/c1-2-3-4-7-16(22)9-10-17-18-11-14-6-5-8-20(23)19(14)12-15(18)13-21(17)24/h5-6,8,15-18,21-24H,2-4,7,9-13H2,1H3/t15?,16-,17+,18?,21+/m0/s1. The molecule has 0 radical (unpaired) electrons. The van der Waals surface area contributed by atoms with E-state index in [1.165, 1.54) is 18.4 Å². The molecule has 3 nitrogen and oxygen atoms in total. The summed E-state index contributed by atoms with van der Waals surface area (Å²) in [5, 5.41) is 30.8. The molecule has 0 bridgehead atoms. The lowest BCUT2D eigenvalue weighted by atomic mass is 9.73. The van der Waals surface area contributed by atoms with Gasteiger partial charge in [-0.05, 0) is 73.5 Å². The van der Waals surface area contributed by atoms with Gasteiger partial charge in [0.05, 0.1) is 12.2 Å². The molecule has 5 atom stereocenters. The monoisotopic (exact) mass is 332 g/mol. The number of fused-ring (bicyclic) bond motifs is 2. The van der Waals surface area contributed by atoms with Gasteiger partial charge in [0.25, 0.3) is 0 Å². The van der Waals surface area contributed by atoms with Gasteiger partial charge in [-0.15, -0.1) is 0 Å². The van der Waals surface area contributed by atoms with Crippen molar-refractivity contribution in [1.82, 2.24) is 0 Å². The van der Waals surface area contributed by atoms with Crippen molar-refractivity contribution < 1.29 is 15.3 Å². The van der Waals surface area contributed by atoms with Gasteiger partial charge in [0, 0.05) is 0 Å². The lowest BCUT2D eigenvalue weighted by molar-refractivity contribution is 0.0869. The van der Waals surface area contributed by atoms with Crippen LogP contribution in [0.5, 0.6) is 5.75 Å². The summed E-state index contributed by atoms with van der Waals surface area (Å²) in [4.78, 5) is 0. The van der Waals surface area contributed by atoms with Crippen molar-refractivity contribution in [2.75, 3.05) is 0 Å². The highest BCUT2D eigenvalue weighted by atomic mass is 16.3. The highest BCUT2D eigenvalue weighted by molar-refractivity contribution is 5.42. The van der Waals surface area contributed by atoms with E-state index in [9.17, 15) is 15.3 Å². The maximum atomic E-state index is 10.6. The van der Waals surface area contributed by atoms with Crippen LogP contribution in [0.4, 0.5) is 0 Å². The van der Waals surface area contributed by atoms with Gasteiger partial charge in [-0.1, -0.05) is 38.3 Å². The van der Waals surface area contributed by atoms with Crippen LogP contribution >= 0.6 is 0 Å². The number of aromatic hydroxyl groups is 1. The first-order valence-electron chi connectivity index (χ1n) is 9.76. The van der Waals surface area contributed by atoms with E-state index in [-0.39, 0.29) is 12.2 Å². The summed E-state index contributed by atoms with van der Waals surface area (Å²) < 4.78 is 0. The van der Waals surface area contributed by atoms with Crippen molar-refractivity contribution in [3.63, 3.8) is 0 Å². The number of aliphatic hydroxyl groups excluding tert-OH is 2. The van der Waals surface area contributed by atoms with Crippen LogP contribution < -0.4 is 0 Å². The van der Waals surface area contributed by atoms with Crippen LogP contribution in [0.2, 0.25) is 0 Å². The molecule has 3 N–H and O–H groups in total. The van der Waals surface area contributed by atoms with Gasteiger partial charge in [0.1, 0.15) is 5.75 Å². The van der Waals surface area contributed by atoms with Gasteiger partial charge >= 0.3 is 0 Å². The minimum Gasteiger partial charge on any atom is -0.508 e. The smallest absolute Gasteiger partial charge is 0.119 e. The fourth-order valence-electron chi connectivity index (χ4n) is 4.98. The van der Waals surface area contributed by atoms with Crippen molar-refractivity contribution in [1.29, 1.82) is 0 Å². The summed E-state index contributed by atoms with van der Waals surface area (Å²) in [6, 6.07) is 5.81. The van der Waals surface area contributed by atoms with Gasteiger partial charge in [0.2, 0.25) is 0 Å². The van der Waals surface area contributed by atoms with E-state index in [2.05, 4.69) is 13.0 Å². The zero-order chi connectivity index (χ0) is 17.1. The van der Waals surface area contributed by atoms with E-state index < -0.39 is 0 Å². The van der Waals surface area contributed by atoms with Crippen molar-refractivity contribution >= 4 is 0 Å². The Kier molecular flexibility index (Phi) is 5.83. The lowest BCUT2D eigenvalue weighted by Gasteiger charge is -2.32. The summed E-state index contributed by atoms with van der Waals surface area (Å²) in [6.07, 6.45) is 8.31. The van der Waals surface area contributed by atoms with Crippen LogP contribution in [-0.4, -0.2) is 27.5 Å². The first-order valence-corrected chi connectivity index (χ1v) is 9.76. The van der Waals surface area contributed by atoms with Crippen LogP contribution in [0.15, 0.2) is 18.2 Å². The number of unbranched alkanes of at least 4 members (excludes halogenated alkanes) is 2. The largest absolute Gasteiger partial charge is 0.508 e. The number of rotatable bonds is 7. The second kappa shape index (κ2) is 7.88. The summed E-state index contributed by atoms with van der Waals surface area (Å²) in [7, 11) is 0. The zero-order valence-electron chi connectivity index (χ0n) is 14.8. The van der Waals surface area contributed by atoms with Crippen LogP contribution in [0.25, 0.3) is 0 Å². The molecule has 0 amide bonds. The third-order valence-electron chi connectivity index (χ3n) is 6.34. The Morgan fingerprint density at radius 1 is 1.17 bits per heavy atom. The molecule has 2 aliphatic rings. The normalized spacial score (nSPS) is 30.0. The first kappa shape index (κ1) is 17.8. The quantitative estimate of drug-likeness (QED) is 0.665. The number of phenolic OH excluding ortho intramolecular Hbond substituents is 1. The molecule has 3 rings (SSSR count). The summed E-state index contributed by atoms with van der Waals surface area (Å²) in [5.41, 5.74) is 2.34. The molecule has 0 heterocycles. The van der Waals surface area contributed by atoms with Gasteiger partial charge in [-0.3, -0.25) is 0 Å². The fraction of sp³-hybridized carbons (Fsp3) is 0.714. The number of phenols is 1. The Morgan fingerprint density at radius 3 is 2.79 bits per heavy atom. The van der Waals surface area contributed by atoms with E-state index in [1.54, 1.807) is 6.07 Å². The highest BCUT2D eigenvalue weighted by Crippen LogP contribution is 2.48. The molecule has 1 aromatic rings. The predicted octanol–water partition coefficient (Wildman–Crippen LogP) is 3.83. The Bertz CT molecular complexity index is 542. The fourth-order valence-corrected chi connectivity index (χ4v) is 4.98. The molecule has 1 aromatic carbocycles. The Balaban J connectivity index is 1.59. The number of benzene rings is 1. The third kappa shape index (κ3) is 3.78. The molecular formula is C21H32O3. The molecule has 1 saturated carbocycles. The Labute approximate surface area is 145 Å². The summed E-state index contributed by atoms with van der Waals surface area (Å²) in [5.74, 6) is 1.68. The highest BCUT2D eigenvalue weighted by Gasteiger charge is 2.44. The Hall–Kier alpha value is -1.06. The van der Waals surface area contributed by atoms with Crippen molar-refractivity contribution in [3.05, 3.63) is 29.3 Å². The molecular weight excluding hydrogens is 300 g/mol. The second-order valence-corrected chi connectivity index (χ2v) is 7.94. The minimum atomic E-state index is -0.251. The van der Waals surface area contributed by atoms with Crippen LogP contribution in [0, 0.1) is 17.8 Å². The van der Waals surface area contributed by atoms with Gasteiger partial charge in [0.15, 0.2) is 0 Å². The first-order chi connectivity index (χ1) is 11.6. The lowest BCUT2D eigenvalue weighted by Crippen LogP contribution is -2.27. The maximum Gasteiger partial charge on any atom is 0.119 e. The molecule has 0 saturated heterocycles. The van der Waals surface area contributed by atoms with Crippen LogP contribution in [-0.2, 0) is 12.8 Å². The molecule has 0 aromatic heterocycles. The molecule has 3 heteroatoms. The number of aliphatic hydroxyl groups is 2. The molecule has 24 heavy (non-hydrogen) atoms. The van der Waals surface area contributed by atoms with Crippen LogP contribution in [0.1, 0.15) is 63.0 Å². The van der Waals surface area contributed by atoms with E-state index in [0.29, 0.717) is 23.5 Å². The zero-order valence-corrected chi connectivity index (χ0v) is 14.8. The minimum absolute atomic E-state index is 0.220. The van der Waals surface area contributed by atoms with Crippen molar-refractivity contribution in [3.8, 4) is 5.75 Å². The van der Waals surface area contributed by atoms with E-state index in [4.69, 9.17) is 0 Å². The summed E-state index contributed by atoms with van der Waals surface area (Å²) >= 11 is 0. The summed E-state index contributed by atoms with van der Waals surface area (Å²) in [6.45, 7) is 2.18. The maximum absolute atomic E-state index is 10.6. The second-order valence-electron chi connectivity index (χ2n) is 7.94. The Morgan fingerprint density at radius 2 is 2.00 bits per heavy atom. The number of hydrogen-bond acceptors (Lipinski definition) is 3. The molecule has 2 unspecified atom stereocenters. The SMILES string of the molecule is CCCCC[C@H](O)CC[C@@H]1C2Cc3cccc(O)c3CC2C[C@H]1O. The van der Waals surface area contributed by atoms with E-state index in [1.807, 2.05) is 6.07 Å². The molecule has 1 fully saturated rings. The van der Waals surface area contributed by atoms with E-state index >= 15 is 0 Å². The third-order valence-corrected chi connectivity index (χ3v) is 6.34. The van der Waals surface area contributed by atoms with Gasteiger partial charge in [-0.2, -0.15) is 0 Å². The average Bonchev–Trinajstić information content (AvgIpc) is 2.86. The van der Waals surface area contributed by atoms with Gasteiger partial charge < -0.3 is 15.3 Å². The van der Waals surface area contributed by atoms with Crippen molar-refractivity contribution in [2.45, 2.75) is 76.9 Å². The molecule has 134 valence electrons. The molecule has 0 aliphatic heterocycles. The molecule has 2 aliphatic carbocycles. The van der Waals surface area contributed by atoms with E-state index in [0.717, 1.165) is 50.5 Å². The van der Waals surface area contributed by atoms with Crippen LogP contribution in [0.3, 0.4) is 0 Å². The predicted molar refractivity (Wildman–Crippen MR) is 96.0 cm³/mol. The van der Waals surface area contributed by atoms with Crippen molar-refractivity contribution in [2.24, 2.45) is 17.8 Å². The average molecular weight is 332 g/mol. The topological polar surface area (TPSA) is 60.7 Å².